The zero-order chi connectivity index (χ0) is 12.3. The van der Waals surface area contributed by atoms with Gasteiger partial charge in [0.1, 0.15) is 0 Å². The summed E-state index contributed by atoms with van der Waals surface area (Å²) < 4.78 is 0. The van der Waals surface area contributed by atoms with Crippen LogP contribution in [0, 0.1) is 23.2 Å². The van der Waals surface area contributed by atoms with Crippen LogP contribution in [0.15, 0.2) is 18.2 Å². The number of rotatable bonds is 3. The molecule has 2 rings (SSSR count). The Morgan fingerprint density at radius 3 is 2.94 bits per heavy atom. The van der Waals surface area contributed by atoms with Crippen LogP contribution in [0.2, 0.25) is 0 Å². The van der Waals surface area contributed by atoms with E-state index in [0.29, 0.717) is 5.56 Å². The van der Waals surface area contributed by atoms with Crippen LogP contribution in [0.4, 0.5) is 11.4 Å². The molecular formula is C14H19N3. The first-order valence-corrected chi connectivity index (χ1v) is 6.22. The molecule has 3 heteroatoms. The summed E-state index contributed by atoms with van der Waals surface area (Å²) in [5, 5.41) is 12.2. The third-order valence-corrected chi connectivity index (χ3v) is 3.57. The lowest BCUT2D eigenvalue weighted by atomic mass is 10.1. The molecule has 0 spiro atoms. The Morgan fingerprint density at radius 2 is 2.29 bits per heavy atom. The van der Waals surface area contributed by atoms with Crippen LogP contribution in [0.1, 0.15) is 31.7 Å². The quantitative estimate of drug-likeness (QED) is 0.783. The van der Waals surface area contributed by atoms with Gasteiger partial charge in [0.15, 0.2) is 0 Å². The van der Waals surface area contributed by atoms with E-state index < -0.39 is 0 Å². The van der Waals surface area contributed by atoms with Crippen LogP contribution >= 0.6 is 0 Å². The summed E-state index contributed by atoms with van der Waals surface area (Å²) in [6, 6.07) is 7.50. The third kappa shape index (κ3) is 2.91. The van der Waals surface area contributed by atoms with Crippen LogP contribution in [0.25, 0.3) is 0 Å². The maximum absolute atomic E-state index is 8.85. The van der Waals surface area contributed by atoms with E-state index in [0.717, 1.165) is 29.8 Å². The first-order valence-electron chi connectivity index (χ1n) is 6.22. The minimum absolute atomic E-state index is 0.654. The number of hydrogen-bond acceptors (Lipinski definition) is 3. The highest BCUT2D eigenvalue weighted by molar-refractivity contribution is 5.68. The van der Waals surface area contributed by atoms with E-state index in [-0.39, 0.29) is 0 Å². The number of nitrogen functional groups attached to an aromatic ring is 1. The number of hydrogen-bond donors (Lipinski definition) is 2. The van der Waals surface area contributed by atoms with Gasteiger partial charge in [0.2, 0.25) is 0 Å². The van der Waals surface area contributed by atoms with Gasteiger partial charge in [-0.05, 0) is 42.9 Å². The molecule has 17 heavy (non-hydrogen) atoms. The maximum atomic E-state index is 8.85. The highest BCUT2D eigenvalue weighted by Gasteiger charge is 2.20. The van der Waals surface area contributed by atoms with Crippen molar-refractivity contribution in [3.63, 3.8) is 0 Å². The Bertz CT molecular complexity index is 434. The summed E-state index contributed by atoms with van der Waals surface area (Å²) in [6.07, 6.45) is 3.93. The van der Waals surface area contributed by atoms with Crippen LogP contribution < -0.4 is 11.1 Å². The van der Waals surface area contributed by atoms with E-state index in [1.807, 2.05) is 6.07 Å². The smallest absolute Gasteiger partial charge is 0.0992 e. The minimum Gasteiger partial charge on any atom is -0.397 e. The second kappa shape index (κ2) is 5.09. The lowest BCUT2D eigenvalue weighted by Gasteiger charge is -2.14. The SMILES string of the molecule is CC1CCC(CNc2cc(C#N)ccc2N)C1. The zero-order valence-electron chi connectivity index (χ0n) is 10.2. The van der Waals surface area contributed by atoms with Gasteiger partial charge >= 0.3 is 0 Å². The Morgan fingerprint density at radius 1 is 1.47 bits per heavy atom. The van der Waals surface area contributed by atoms with Gasteiger partial charge in [-0.2, -0.15) is 5.26 Å². The molecule has 0 radical (unpaired) electrons. The molecule has 1 aromatic carbocycles. The number of nitrogens with one attached hydrogen (secondary N) is 1. The summed E-state index contributed by atoms with van der Waals surface area (Å²) in [6.45, 7) is 3.27. The summed E-state index contributed by atoms with van der Waals surface area (Å²) in [5.74, 6) is 1.60. The largest absolute Gasteiger partial charge is 0.397 e. The maximum Gasteiger partial charge on any atom is 0.0992 e. The lowest BCUT2D eigenvalue weighted by molar-refractivity contribution is 0.537. The fourth-order valence-electron chi connectivity index (χ4n) is 2.54. The van der Waals surface area contributed by atoms with Crippen LogP contribution in [0.3, 0.4) is 0 Å². The summed E-state index contributed by atoms with van der Waals surface area (Å²) >= 11 is 0. The Hall–Kier alpha value is -1.69. The van der Waals surface area contributed by atoms with E-state index in [4.69, 9.17) is 11.0 Å². The lowest BCUT2D eigenvalue weighted by Crippen LogP contribution is -2.12. The zero-order valence-corrected chi connectivity index (χ0v) is 10.2. The van der Waals surface area contributed by atoms with Crippen molar-refractivity contribution in [2.45, 2.75) is 26.2 Å². The van der Waals surface area contributed by atoms with Gasteiger partial charge in [-0.3, -0.25) is 0 Å². The number of nitriles is 1. The molecule has 1 saturated carbocycles. The molecule has 0 aliphatic heterocycles. The Kier molecular flexibility index (Phi) is 3.53. The predicted octanol–water partition coefficient (Wildman–Crippen LogP) is 2.99. The monoisotopic (exact) mass is 229 g/mol. The number of nitrogens with zero attached hydrogens (tertiary/aromatic N) is 1. The Labute approximate surface area is 103 Å². The second-order valence-corrected chi connectivity index (χ2v) is 5.08. The molecule has 2 atom stereocenters. The fraction of sp³-hybridized carbons (Fsp3) is 0.500. The average molecular weight is 229 g/mol. The minimum atomic E-state index is 0.654. The normalized spacial score (nSPS) is 23.3. The molecule has 1 aliphatic rings. The van der Waals surface area contributed by atoms with Gasteiger partial charge in [-0.25, -0.2) is 0 Å². The summed E-state index contributed by atoms with van der Waals surface area (Å²) in [4.78, 5) is 0. The standard InChI is InChI=1S/C14H19N3/c1-10-2-3-12(6-10)9-17-14-7-11(8-15)4-5-13(14)16/h4-5,7,10,12,17H,2-3,6,9,16H2,1H3. The van der Waals surface area contributed by atoms with E-state index in [1.54, 1.807) is 12.1 Å². The van der Waals surface area contributed by atoms with E-state index >= 15 is 0 Å². The van der Waals surface area contributed by atoms with Crippen molar-refractivity contribution in [2.24, 2.45) is 11.8 Å². The highest BCUT2D eigenvalue weighted by atomic mass is 14.9. The van der Waals surface area contributed by atoms with E-state index in [2.05, 4.69) is 18.3 Å². The van der Waals surface area contributed by atoms with Crippen molar-refractivity contribution < 1.29 is 0 Å². The fourth-order valence-corrected chi connectivity index (χ4v) is 2.54. The van der Waals surface area contributed by atoms with Gasteiger partial charge in [0.05, 0.1) is 23.0 Å². The van der Waals surface area contributed by atoms with Crippen molar-refractivity contribution in [3.8, 4) is 6.07 Å². The van der Waals surface area contributed by atoms with Crippen molar-refractivity contribution in [2.75, 3.05) is 17.6 Å². The first kappa shape index (κ1) is 11.8. The molecule has 90 valence electrons. The van der Waals surface area contributed by atoms with Crippen LogP contribution in [0.5, 0.6) is 0 Å². The molecule has 0 aromatic heterocycles. The first-order chi connectivity index (χ1) is 8.19. The molecule has 0 amide bonds. The van der Waals surface area contributed by atoms with Crippen LogP contribution in [-0.2, 0) is 0 Å². The average Bonchev–Trinajstić information content (AvgIpc) is 2.74. The summed E-state index contributed by atoms with van der Waals surface area (Å²) in [5.41, 5.74) is 8.15. The van der Waals surface area contributed by atoms with Crippen LogP contribution in [-0.4, -0.2) is 6.54 Å². The number of nitrogens with two attached hydrogens (primary N) is 1. The van der Waals surface area contributed by atoms with Gasteiger partial charge < -0.3 is 11.1 Å². The molecule has 0 bridgehead atoms. The number of benzene rings is 1. The molecule has 3 N–H and O–H groups in total. The van der Waals surface area contributed by atoms with Gasteiger partial charge in [0, 0.05) is 6.54 Å². The third-order valence-electron chi connectivity index (χ3n) is 3.57. The van der Waals surface area contributed by atoms with Gasteiger partial charge in [0.25, 0.3) is 0 Å². The highest BCUT2D eigenvalue weighted by Crippen LogP contribution is 2.31. The predicted molar refractivity (Wildman–Crippen MR) is 70.6 cm³/mol. The molecular weight excluding hydrogens is 210 g/mol. The Balaban J connectivity index is 1.97. The molecule has 1 aliphatic carbocycles. The topological polar surface area (TPSA) is 61.8 Å². The molecule has 3 nitrogen and oxygen atoms in total. The molecule has 0 saturated heterocycles. The number of anilines is 2. The second-order valence-electron chi connectivity index (χ2n) is 5.08. The van der Waals surface area contributed by atoms with E-state index in [9.17, 15) is 0 Å². The van der Waals surface area contributed by atoms with E-state index in [1.165, 1.54) is 19.3 Å². The van der Waals surface area contributed by atoms with Gasteiger partial charge in [-0.1, -0.05) is 13.3 Å². The molecule has 1 fully saturated rings. The summed E-state index contributed by atoms with van der Waals surface area (Å²) in [7, 11) is 0. The molecule has 1 aromatic rings. The van der Waals surface area contributed by atoms with Crippen molar-refractivity contribution in [3.05, 3.63) is 23.8 Å². The van der Waals surface area contributed by atoms with Crippen molar-refractivity contribution >= 4 is 11.4 Å². The van der Waals surface area contributed by atoms with Crippen molar-refractivity contribution in [1.82, 2.24) is 0 Å². The molecule has 0 heterocycles. The van der Waals surface area contributed by atoms with Crippen molar-refractivity contribution in [1.29, 1.82) is 5.26 Å². The van der Waals surface area contributed by atoms with Gasteiger partial charge in [-0.15, -0.1) is 0 Å². The molecule has 2 unspecified atom stereocenters.